The number of aryl methyl sites for hydroxylation is 2. The molecule has 1 fully saturated rings. The molecule has 0 N–H and O–H groups in total. The number of aromatic nitrogens is 2. The fourth-order valence-electron chi connectivity index (χ4n) is 2.98. The van der Waals surface area contributed by atoms with Gasteiger partial charge in [-0.3, -0.25) is 15.0 Å². The first-order valence-corrected chi connectivity index (χ1v) is 9.49. The zero-order valence-electron chi connectivity index (χ0n) is 14.5. The van der Waals surface area contributed by atoms with Crippen molar-refractivity contribution < 1.29 is 17.9 Å². The number of sulfonamides is 1. The number of rotatable bonds is 5. The number of nitrogens with zero attached hydrogens (tertiary/aromatic N) is 5. The molecule has 10 nitrogen and oxygen atoms in total. The van der Waals surface area contributed by atoms with Gasteiger partial charge in [0.2, 0.25) is 15.9 Å². The van der Waals surface area contributed by atoms with Gasteiger partial charge in [0.25, 0.3) is 5.69 Å². The summed E-state index contributed by atoms with van der Waals surface area (Å²) in [6.45, 7) is 5.18. The van der Waals surface area contributed by atoms with E-state index in [-0.39, 0.29) is 18.0 Å². The Morgan fingerprint density at radius 2 is 1.92 bits per heavy atom. The summed E-state index contributed by atoms with van der Waals surface area (Å²) in [5.74, 6) is 1.03. The highest BCUT2D eigenvalue weighted by Gasteiger charge is 2.35. The van der Waals surface area contributed by atoms with Crippen molar-refractivity contribution in [2.24, 2.45) is 0 Å². The Labute approximate surface area is 150 Å². The SMILES string of the molecule is Cc1nc(CN2CCN(S(=O)(=O)c3c(C)cccc3[N+](=O)[O-])CC2)no1. The average molecular weight is 381 g/mol. The van der Waals surface area contributed by atoms with E-state index in [4.69, 9.17) is 4.52 Å². The molecule has 0 aliphatic carbocycles. The van der Waals surface area contributed by atoms with Gasteiger partial charge in [0.05, 0.1) is 11.5 Å². The quantitative estimate of drug-likeness (QED) is 0.557. The van der Waals surface area contributed by atoms with Gasteiger partial charge in [-0.25, -0.2) is 8.42 Å². The van der Waals surface area contributed by atoms with E-state index >= 15 is 0 Å². The lowest BCUT2D eigenvalue weighted by Crippen LogP contribution is -2.48. The van der Waals surface area contributed by atoms with Gasteiger partial charge < -0.3 is 4.52 Å². The zero-order valence-corrected chi connectivity index (χ0v) is 15.3. The Bertz CT molecular complexity index is 918. The minimum absolute atomic E-state index is 0.229. The normalized spacial score (nSPS) is 16.7. The lowest BCUT2D eigenvalue weighted by Gasteiger charge is -2.33. The summed E-state index contributed by atoms with van der Waals surface area (Å²) < 4.78 is 32.2. The highest BCUT2D eigenvalue weighted by molar-refractivity contribution is 7.89. The third-order valence-electron chi connectivity index (χ3n) is 4.25. The first-order valence-electron chi connectivity index (χ1n) is 8.05. The van der Waals surface area contributed by atoms with Crippen molar-refractivity contribution in [1.29, 1.82) is 0 Å². The van der Waals surface area contributed by atoms with Crippen LogP contribution in [0.1, 0.15) is 17.3 Å². The third kappa shape index (κ3) is 3.59. The fourth-order valence-corrected chi connectivity index (χ4v) is 4.76. The number of nitro benzene ring substituents is 1. The Kier molecular flexibility index (Phi) is 5.03. The van der Waals surface area contributed by atoms with Crippen LogP contribution in [0.2, 0.25) is 0 Å². The standard InChI is InChI=1S/C15H19N5O5S/c1-11-4-3-5-13(20(21)22)15(11)26(23,24)19-8-6-18(7-9-19)10-14-16-12(2)25-17-14/h3-5H,6-10H2,1-2H3. The first-order chi connectivity index (χ1) is 12.3. The topological polar surface area (TPSA) is 123 Å². The highest BCUT2D eigenvalue weighted by Crippen LogP contribution is 2.30. The largest absolute Gasteiger partial charge is 0.340 e. The van der Waals surface area contributed by atoms with Crippen LogP contribution in [0.4, 0.5) is 5.69 Å². The van der Waals surface area contributed by atoms with Gasteiger partial charge in [0, 0.05) is 39.2 Å². The molecule has 2 heterocycles. The lowest BCUT2D eigenvalue weighted by molar-refractivity contribution is -0.387. The molecule has 3 rings (SSSR count). The van der Waals surface area contributed by atoms with Crippen molar-refractivity contribution in [1.82, 2.24) is 19.3 Å². The molecule has 0 saturated carbocycles. The molecule has 0 radical (unpaired) electrons. The molecule has 140 valence electrons. The molecular weight excluding hydrogens is 362 g/mol. The van der Waals surface area contributed by atoms with Crippen LogP contribution >= 0.6 is 0 Å². The summed E-state index contributed by atoms with van der Waals surface area (Å²) >= 11 is 0. The number of nitro groups is 1. The van der Waals surface area contributed by atoms with Gasteiger partial charge in [-0.2, -0.15) is 9.29 Å². The second kappa shape index (κ2) is 7.09. The molecule has 0 bridgehead atoms. The Morgan fingerprint density at radius 3 is 2.50 bits per heavy atom. The van der Waals surface area contributed by atoms with Crippen molar-refractivity contribution >= 4 is 15.7 Å². The van der Waals surface area contributed by atoms with Gasteiger partial charge in [0.15, 0.2) is 10.7 Å². The number of hydrogen-bond donors (Lipinski definition) is 0. The summed E-state index contributed by atoms with van der Waals surface area (Å²) in [7, 11) is -3.95. The van der Waals surface area contributed by atoms with Crippen LogP contribution in [0.3, 0.4) is 0 Å². The van der Waals surface area contributed by atoms with Crippen LogP contribution in [0.25, 0.3) is 0 Å². The van der Waals surface area contributed by atoms with E-state index in [1.165, 1.54) is 16.4 Å². The van der Waals surface area contributed by atoms with Crippen LogP contribution in [0.15, 0.2) is 27.6 Å². The van der Waals surface area contributed by atoms with Gasteiger partial charge >= 0.3 is 0 Å². The molecule has 0 unspecified atom stereocenters. The Morgan fingerprint density at radius 1 is 1.23 bits per heavy atom. The predicted octanol–water partition coefficient (Wildman–Crippen LogP) is 1.10. The van der Waals surface area contributed by atoms with E-state index < -0.39 is 20.6 Å². The average Bonchev–Trinajstić information content (AvgIpc) is 2.99. The van der Waals surface area contributed by atoms with E-state index in [1.54, 1.807) is 19.9 Å². The maximum Gasteiger partial charge on any atom is 0.289 e. The molecule has 1 aliphatic rings. The van der Waals surface area contributed by atoms with E-state index in [9.17, 15) is 18.5 Å². The molecular formula is C15H19N5O5S. The smallest absolute Gasteiger partial charge is 0.289 e. The molecule has 1 aliphatic heterocycles. The first kappa shape index (κ1) is 18.4. The van der Waals surface area contributed by atoms with Gasteiger partial charge in [0.1, 0.15) is 0 Å². The zero-order chi connectivity index (χ0) is 18.9. The minimum atomic E-state index is -3.95. The molecule has 2 aromatic rings. The highest BCUT2D eigenvalue weighted by atomic mass is 32.2. The van der Waals surface area contributed by atoms with Crippen molar-refractivity contribution in [3.05, 3.63) is 45.6 Å². The van der Waals surface area contributed by atoms with Gasteiger partial charge in [-0.1, -0.05) is 17.3 Å². The van der Waals surface area contributed by atoms with Gasteiger partial charge in [-0.15, -0.1) is 0 Å². The maximum absolute atomic E-state index is 13.0. The number of hydrogen-bond acceptors (Lipinski definition) is 8. The van der Waals surface area contributed by atoms with Crippen LogP contribution in [-0.2, 0) is 16.6 Å². The van der Waals surface area contributed by atoms with Gasteiger partial charge in [-0.05, 0) is 12.5 Å². The lowest BCUT2D eigenvalue weighted by atomic mass is 10.2. The van der Waals surface area contributed by atoms with E-state index in [0.717, 1.165) is 0 Å². The molecule has 0 atom stereocenters. The molecule has 0 amide bonds. The number of piperazine rings is 1. The summed E-state index contributed by atoms with van der Waals surface area (Å²) in [6, 6.07) is 4.26. The second-order valence-electron chi connectivity index (χ2n) is 6.09. The van der Waals surface area contributed by atoms with Crippen LogP contribution in [0, 0.1) is 24.0 Å². The maximum atomic E-state index is 13.0. The van der Waals surface area contributed by atoms with E-state index in [2.05, 4.69) is 10.1 Å². The summed E-state index contributed by atoms with van der Waals surface area (Å²) in [6.07, 6.45) is 0. The molecule has 1 aromatic carbocycles. The van der Waals surface area contributed by atoms with E-state index in [1.807, 2.05) is 4.90 Å². The van der Waals surface area contributed by atoms with Crippen LogP contribution in [-0.4, -0.2) is 58.9 Å². The van der Waals surface area contributed by atoms with E-state index in [0.29, 0.717) is 36.9 Å². The van der Waals surface area contributed by atoms with Crippen LogP contribution < -0.4 is 0 Å². The predicted molar refractivity (Wildman–Crippen MR) is 90.9 cm³/mol. The van der Waals surface area contributed by atoms with Crippen molar-refractivity contribution in [3.63, 3.8) is 0 Å². The summed E-state index contributed by atoms with van der Waals surface area (Å²) in [4.78, 5) is 16.5. The van der Waals surface area contributed by atoms with Crippen molar-refractivity contribution in [2.45, 2.75) is 25.3 Å². The van der Waals surface area contributed by atoms with Crippen LogP contribution in [0.5, 0.6) is 0 Å². The monoisotopic (exact) mass is 381 g/mol. The number of benzene rings is 1. The summed E-state index contributed by atoms with van der Waals surface area (Å²) in [5, 5.41) is 15.1. The fraction of sp³-hybridized carbons (Fsp3) is 0.467. The molecule has 0 spiro atoms. The van der Waals surface area contributed by atoms with Crippen molar-refractivity contribution in [2.75, 3.05) is 26.2 Å². The molecule has 1 aromatic heterocycles. The Hall–Kier alpha value is -2.37. The summed E-state index contributed by atoms with van der Waals surface area (Å²) in [5.41, 5.74) is -0.0291. The molecule has 26 heavy (non-hydrogen) atoms. The van der Waals surface area contributed by atoms with Crippen molar-refractivity contribution in [3.8, 4) is 0 Å². The third-order valence-corrected chi connectivity index (χ3v) is 6.34. The molecule has 1 saturated heterocycles. The Balaban J connectivity index is 1.75. The minimum Gasteiger partial charge on any atom is -0.340 e. The second-order valence-corrected chi connectivity index (χ2v) is 7.96. The molecule has 11 heteroatoms.